The monoisotopic (exact) mass is 348 g/mol. The molecule has 1 atom stereocenters. The van der Waals surface area contributed by atoms with Gasteiger partial charge in [0.05, 0.1) is 5.52 Å². The lowest BCUT2D eigenvalue weighted by molar-refractivity contribution is -0.118. The summed E-state index contributed by atoms with van der Waals surface area (Å²) >= 11 is 0. The molecule has 1 spiro atoms. The predicted molar refractivity (Wildman–Crippen MR) is 98.6 cm³/mol. The third-order valence-electron chi connectivity index (χ3n) is 5.42. The number of piperidine rings is 1. The van der Waals surface area contributed by atoms with E-state index in [1.54, 1.807) is 0 Å². The molecule has 6 heteroatoms. The van der Waals surface area contributed by atoms with Crippen LogP contribution in [0.2, 0.25) is 0 Å². The van der Waals surface area contributed by atoms with Crippen molar-refractivity contribution in [2.24, 2.45) is 11.3 Å². The van der Waals surface area contributed by atoms with E-state index in [1.165, 1.54) is 0 Å². The van der Waals surface area contributed by atoms with Gasteiger partial charge in [0.1, 0.15) is 0 Å². The number of anilines is 1. The zero-order valence-corrected chi connectivity index (χ0v) is 15.0. The molecule has 130 valence electrons. The van der Waals surface area contributed by atoms with E-state index in [-0.39, 0.29) is 29.6 Å². The van der Waals surface area contributed by atoms with Crippen molar-refractivity contribution >= 4 is 34.9 Å². The van der Waals surface area contributed by atoms with Crippen molar-refractivity contribution < 1.29 is 4.79 Å². The van der Waals surface area contributed by atoms with E-state index in [0.29, 0.717) is 6.04 Å². The lowest BCUT2D eigenvalue weighted by Gasteiger charge is -2.23. The number of nitrogens with zero attached hydrogens (tertiary/aromatic N) is 2. The Bertz CT molecular complexity index is 749. The summed E-state index contributed by atoms with van der Waals surface area (Å²) in [6.45, 7) is 6.31. The number of carbonyl (C=O) groups excluding carboxylic acids is 1. The fraction of sp³-hybridized carbons (Fsp3) is 0.556. The number of rotatable bonds is 3. The summed E-state index contributed by atoms with van der Waals surface area (Å²) in [7, 11) is 0. The highest BCUT2D eigenvalue weighted by Gasteiger charge is 2.57. The molecule has 2 aliphatic rings. The van der Waals surface area contributed by atoms with Gasteiger partial charge in [-0.25, -0.2) is 0 Å². The SMILES string of the molecule is CC(C)n1cc2cc(NC(=O)C3CC34CCNCC4)ccc2n1.Cl. The number of fused-ring (bicyclic) bond motifs is 1. The second-order valence-electron chi connectivity index (χ2n) is 7.33. The molecule has 0 radical (unpaired) electrons. The number of nitrogens with one attached hydrogen (secondary N) is 2. The van der Waals surface area contributed by atoms with Crippen molar-refractivity contribution in [2.45, 2.75) is 39.2 Å². The first-order valence-corrected chi connectivity index (χ1v) is 8.58. The lowest BCUT2D eigenvalue weighted by atomic mass is 9.92. The van der Waals surface area contributed by atoms with Crippen LogP contribution in [0.25, 0.3) is 10.9 Å². The van der Waals surface area contributed by atoms with Gasteiger partial charge in [-0.05, 0) is 69.8 Å². The van der Waals surface area contributed by atoms with Crippen LogP contribution in [-0.4, -0.2) is 28.8 Å². The maximum atomic E-state index is 12.5. The normalized spacial score (nSPS) is 21.7. The number of amides is 1. The number of halogens is 1. The topological polar surface area (TPSA) is 59.0 Å². The summed E-state index contributed by atoms with van der Waals surface area (Å²) in [4.78, 5) is 12.5. The molecule has 0 bridgehead atoms. The Hall–Kier alpha value is -1.59. The molecule has 1 aliphatic heterocycles. The van der Waals surface area contributed by atoms with Crippen molar-refractivity contribution in [3.63, 3.8) is 0 Å². The highest BCUT2D eigenvalue weighted by atomic mass is 35.5. The van der Waals surface area contributed by atoms with Gasteiger partial charge >= 0.3 is 0 Å². The van der Waals surface area contributed by atoms with Gasteiger partial charge in [0.25, 0.3) is 0 Å². The first-order valence-electron chi connectivity index (χ1n) is 8.58. The van der Waals surface area contributed by atoms with E-state index in [2.05, 4.69) is 29.6 Å². The standard InChI is InChI=1S/C18H24N4O.ClH/c1-12(2)22-11-13-9-14(3-4-16(13)21-22)20-17(23)15-10-18(15)5-7-19-8-6-18;/h3-4,9,11-12,15,19H,5-8,10H2,1-2H3,(H,20,23);1H. The Morgan fingerprint density at radius 2 is 2.12 bits per heavy atom. The average molecular weight is 349 g/mol. The smallest absolute Gasteiger partial charge is 0.228 e. The van der Waals surface area contributed by atoms with Gasteiger partial charge < -0.3 is 10.6 Å². The van der Waals surface area contributed by atoms with E-state index in [1.807, 2.05) is 29.1 Å². The van der Waals surface area contributed by atoms with E-state index in [0.717, 1.165) is 48.9 Å². The van der Waals surface area contributed by atoms with Gasteiger partial charge in [-0.1, -0.05) is 0 Å². The molecule has 2 fully saturated rings. The van der Waals surface area contributed by atoms with Crippen molar-refractivity contribution in [1.82, 2.24) is 15.1 Å². The lowest BCUT2D eigenvalue weighted by Crippen LogP contribution is -2.31. The molecule has 5 nitrogen and oxygen atoms in total. The molecule has 1 aromatic heterocycles. The van der Waals surface area contributed by atoms with Crippen molar-refractivity contribution in [3.05, 3.63) is 24.4 Å². The Balaban J connectivity index is 0.00000169. The third-order valence-corrected chi connectivity index (χ3v) is 5.42. The Labute approximate surface area is 148 Å². The zero-order chi connectivity index (χ0) is 16.0. The van der Waals surface area contributed by atoms with Crippen LogP contribution in [-0.2, 0) is 4.79 Å². The fourth-order valence-corrected chi connectivity index (χ4v) is 3.81. The molecule has 2 N–H and O–H groups in total. The number of aromatic nitrogens is 2. The van der Waals surface area contributed by atoms with Crippen LogP contribution in [0.5, 0.6) is 0 Å². The van der Waals surface area contributed by atoms with E-state index in [9.17, 15) is 4.79 Å². The van der Waals surface area contributed by atoms with E-state index in [4.69, 9.17) is 0 Å². The zero-order valence-electron chi connectivity index (χ0n) is 14.2. The number of carbonyl (C=O) groups is 1. The molecule has 1 unspecified atom stereocenters. The summed E-state index contributed by atoms with van der Waals surface area (Å²) in [5.41, 5.74) is 2.13. The second-order valence-corrected chi connectivity index (χ2v) is 7.33. The number of hydrogen-bond acceptors (Lipinski definition) is 3. The van der Waals surface area contributed by atoms with Crippen LogP contribution in [0.4, 0.5) is 5.69 Å². The average Bonchev–Trinajstić information content (AvgIpc) is 3.05. The highest BCUT2D eigenvalue weighted by Crippen LogP contribution is 2.58. The quantitative estimate of drug-likeness (QED) is 0.894. The summed E-state index contributed by atoms with van der Waals surface area (Å²) in [6, 6.07) is 6.30. The van der Waals surface area contributed by atoms with Crippen LogP contribution in [0.1, 0.15) is 39.2 Å². The predicted octanol–water partition coefficient (Wildman–Crippen LogP) is 3.37. The minimum Gasteiger partial charge on any atom is -0.326 e. The van der Waals surface area contributed by atoms with Crippen LogP contribution >= 0.6 is 12.4 Å². The van der Waals surface area contributed by atoms with Gasteiger partial charge in [0.15, 0.2) is 0 Å². The fourth-order valence-electron chi connectivity index (χ4n) is 3.81. The molecule has 24 heavy (non-hydrogen) atoms. The summed E-state index contributed by atoms with van der Waals surface area (Å²) in [6.07, 6.45) is 5.35. The van der Waals surface area contributed by atoms with Crippen molar-refractivity contribution in [1.29, 1.82) is 0 Å². The molecule has 4 rings (SSSR count). The molecule has 2 heterocycles. The Morgan fingerprint density at radius 3 is 2.83 bits per heavy atom. The summed E-state index contributed by atoms with van der Waals surface area (Å²) < 4.78 is 1.96. The van der Waals surface area contributed by atoms with E-state index >= 15 is 0 Å². The second kappa shape index (κ2) is 6.37. The molecule has 1 amide bonds. The van der Waals surface area contributed by atoms with Crippen molar-refractivity contribution in [3.8, 4) is 0 Å². The third kappa shape index (κ3) is 3.03. The molecule has 2 aromatic rings. The molecule has 1 aliphatic carbocycles. The number of hydrogen-bond donors (Lipinski definition) is 2. The largest absolute Gasteiger partial charge is 0.326 e. The van der Waals surface area contributed by atoms with Crippen molar-refractivity contribution in [2.75, 3.05) is 18.4 Å². The van der Waals surface area contributed by atoms with E-state index < -0.39 is 0 Å². The molecular formula is C18H25ClN4O. The van der Waals surface area contributed by atoms with Gasteiger partial charge in [-0.15, -0.1) is 12.4 Å². The molecular weight excluding hydrogens is 324 g/mol. The van der Waals surface area contributed by atoms with Crippen LogP contribution < -0.4 is 10.6 Å². The Kier molecular flexibility index (Phi) is 4.58. The molecule has 1 saturated heterocycles. The van der Waals surface area contributed by atoms with Gasteiger partial charge in [-0.2, -0.15) is 5.10 Å². The first kappa shape index (κ1) is 17.2. The minimum atomic E-state index is 0. The van der Waals surface area contributed by atoms with Gasteiger partial charge in [-0.3, -0.25) is 9.48 Å². The number of benzene rings is 1. The van der Waals surface area contributed by atoms with Crippen LogP contribution in [0, 0.1) is 11.3 Å². The maximum Gasteiger partial charge on any atom is 0.228 e. The maximum absolute atomic E-state index is 12.5. The Morgan fingerprint density at radius 1 is 1.38 bits per heavy atom. The van der Waals surface area contributed by atoms with Crippen LogP contribution in [0.3, 0.4) is 0 Å². The molecule has 1 aromatic carbocycles. The minimum absolute atomic E-state index is 0. The first-order chi connectivity index (χ1) is 11.1. The van der Waals surface area contributed by atoms with Gasteiger partial charge in [0, 0.05) is 29.2 Å². The van der Waals surface area contributed by atoms with Gasteiger partial charge in [0.2, 0.25) is 5.91 Å². The van der Waals surface area contributed by atoms with Crippen LogP contribution in [0.15, 0.2) is 24.4 Å². The highest BCUT2D eigenvalue weighted by molar-refractivity contribution is 5.97. The summed E-state index contributed by atoms with van der Waals surface area (Å²) in [5.74, 6) is 0.376. The molecule has 1 saturated carbocycles. The summed E-state index contributed by atoms with van der Waals surface area (Å²) in [5, 5.41) is 12.1.